The quantitative estimate of drug-likeness (QED) is 0.846. The van der Waals surface area contributed by atoms with Crippen molar-refractivity contribution in [3.63, 3.8) is 0 Å². The second kappa shape index (κ2) is 4.29. The number of nitrogens with zero attached hydrogens (tertiary/aromatic N) is 1. The zero-order valence-corrected chi connectivity index (χ0v) is 7.80. The van der Waals surface area contributed by atoms with Crippen molar-refractivity contribution in [1.82, 2.24) is 4.98 Å². The molecule has 6 heteroatoms. The van der Waals surface area contributed by atoms with Gasteiger partial charge in [0.1, 0.15) is 11.5 Å². The van der Waals surface area contributed by atoms with Gasteiger partial charge in [-0.3, -0.25) is 9.78 Å². The van der Waals surface area contributed by atoms with Crippen LogP contribution in [0.1, 0.15) is 23.2 Å². The summed E-state index contributed by atoms with van der Waals surface area (Å²) in [5.74, 6) is -2.15. The number of carbonyl (C=O) groups is 1. The second-order valence-electron chi connectivity index (χ2n) is 2.97. The zero-order valence-electron chi connectivity index (χ0n) is 7.80. The number of carboxylic acids is 1. The van der Waals surface area contributed by atoms with Gasteiger partial charge in [0.2, 0.25) is 0 Å². The maximum atomic E-state index is 13.1. The van der Waals surface area contributed by atoms with Crippen LogP contribution in [0, 0.1) is 12.7 Å². The second-order valence-corrected chi connectivity index (χ2v) is 2.97. The molecule has 1 rings (SSSR count). The van der Waals surface area contributed by atoms with E-state index in [0.29, 0.717) is 6.20 Å². The first-order valence-corrected chi connectivity index (χ1v) is 4.07. The number of carboxylic acid groups (broad SMARTS) is 1. The Labute approximate surface area is 83.6 Å². The molecule has 0 saturated carbocycles. The van der Waals surface area contributed by atoms with E-state index < -0.39 is 30.3 Å². The third-order valence-electron chi connectivity index (χ3n) is 1.98. The van der Waals surface area contributed by atoms with Crippen molar-refractivity contribution in [3.8, 4) is 0 Å². The van der Waals surface area contributed by atoms with Gasteiger partial charge in [0.05, 0.1) is 12.6 Å². The minimum absolute atomic E-state index is 0.104. The van der Waals surface area contributed by atoms with Crippen LogP contribution in [-0.2, 0) is 11.2 Å². The number of halogens is 3. The van der Waals surface area contributed by atoms with Crippen LogP contribution in [0.15, 0.2) is 6.20 Å². The van der Waals surface area contributed by atoms with E-state index in [1.165, 1.54) is 6.92 Å². The third kappa shape index (κ3) is 2.45. The van der Waals surface area contributed by atoms with E-state index in [4.69, 9.17) is 5.11 Å². The number of alkyl halides is 2. The van der Waals surface area contributed by atoms with Gasteiger partial charge in [0, 0.05) is 5.56 Å². The summed E-state index contributed by atoms with van der Waals surface area (Å²) in [6, 6.07) is 0. The largest absolute Gasteiger partial charge is 0.481 e. The average molecular weight is 219 g/mol. The SMILES string of the molecule is Cc1c(C(F)F)ncc(F)c1CC(=O)O. The van der Waals surface area contributed by atoms with Crippen molar-refractivity contribution in [3.05, 3.63) is 28.8 Å². The van der Waals surface area contributed by atoms with Crippen molar-refractivity contribution >= 4 is 5.97 Å². The molecule has 0 aliphatic heterocycles. The lowest BCUT2D eigenvalue weighted by Crippen LogP contribution is -2.08. The van der Waals surface area contributed by atoms with Crippen LogP contribution in [-0.4, -0.2) is 16.1 Å². The number of hydrogen-bond donors (Lipinski definition) is 1. The Hall–Kier alpha value is -1.59. The summed E-state index contributed by atoms with van der Waals surface area (Å²) in [4.78, 5) is 13.6. The molecule has 0 spiro atoms. The molecule has 0 saturated heterocycles. The molecule has 0 aromatic carbocycles. The van der Waals surface area contributed by atoms with Crippen LogP contribution in [0.4, 0.5) is 13.2 Å². The van der Waals surface area contributed by atoms with Crippen molar-refractivity contribution in [2.75, 3.05) is 0 Å². The first-order chi connectivity index (χ1) is 6.93. The predicted molar refractivity (Wildman–Crippen MR) is 45.2 cm³/mol. The van der Waals surface area contributed by atoms with Crippen molar-refractivity contribution in [2.45, 2.75) is 19.8 Å². The number of aliphatic carboxylic acids is 1. The molecule has 15 heavy (non-hydrogen) atoms. The molecule has 0 atom stereocenters. The monoisotopic (exact) mass is 219 g/mol. The highest BCUT2D eigenvalue weighted by molar-refractivity contribution is 5.70. The minimum atomic E-state index is -2.84. The number of pyridine rings is 1. The fourth-order valence-corrected chi connectivity index (χ4v) is 1.22. The Morgan fingerprint density at radius 1 is 1.60 bits per heavy atom. The topological polar surface area (TPSA) is 50.2 Å². The van der Waals surface area contributed by atoms with Gasteiger partial charge < -0.3 is 5.11 Å². The molecule has 0 amide bonds. The normalized spacial score (nSPS) is 10.7. The third-order valence-corrected chi connectivity index (χ3v) is 1.98. The summed E-state index contributed by atoms with van der Waals surface area (Å²) in [6.45, 7) is 1.23. The molecule has 3 nitrogen and oxygen atoms in total. The summed E-state index contributed by atoms with van der Waals surface area (Å²) in [5.41, 5.74) is -0.923. The summed E-state index contributed by atoms with van der Waals surface area (Å²) in [6.07, 6.45) is -2.84. The Balaban J connectivity index is 3.23. The molecule has 0 radical (unpaired) electrons. The van der Waals surface area contributed by atoms with Gasteiger partial charge >= 0.3 is 5.97 Å². The highest BCUT2D eigenvalue weighted by Crippen LogP contribution is 2.24. The molecule has 0 unspecified atom stereocenters. The van der Waals surface area contributed by atoms with Crippen LogP contribution in [0.5, 0.6) is 0 Å². The van der Waals surface area contributed by atoms with Crippen LogP contribution in [0.3, 0.4) is 0 Å². The van der Waals surface area contributed by atoms with E-state index in [0.717, 1.165) is 0 Å². The predicted octanol–water partition coefficient (Wildman–Crippen LogP) is 2.09. The first kappa shape index (κ1) is 11.5. The molecule has 1 aromatic heterocycles. The molecule has 82 valence electrons. The van der Waals surface area contributed by atoms with Gasteiger partial charge in [-0.05, 0) is 12.5 Å². The Morgan fingerprint density at radius 2 is 2.20 bits per heavy atom. The lowest BCUT2D eigenvalue weighted by atomic mass is 10.0. The fourth-order valence-electron chi connectivity index (χ4n) is 1.22. The van der Waals surface area contributed by atoms with Gasteiger partial charge in [0.15, 0.2) is 0 Å². The van der Waals surface area contributed by atoms with Crippen molar-refractivity contribution in [1.29, 1.82) is 0 Å². The summed E-state index contributed by atoms with van der Waals surface area (Å²) < 4.78 is 37.8. The van der Waals surface area contributed by atoms with Crippen LogP contribution < -0.4 is 0 Å². The lowest BCUT2D eigenvalue weighted by molar-refractivity contribution is -0.136. The Kier molecular flexibility index (Phi) is 3.28. The van der Waals surface area contributed by atoms with E-state index in [1.807, 2.05) is 0 Å². The van der Waals surface area contributed by atoms with Crippen molar-refractivity contribution < 1.29 is 23.1 Å². The van der Waals surface area contributed by atoms with Crippen LogP contribution >= 0.6 is 0 Å². The Bertz CT molecular complexity index is 393. The average Bonchev–Trinajstić information content (AvgIpc) is 2.11. The van der Waals surface area contributed by atoms with E-state index in [-0.39, 0.29) is 11.1 Å². The van der Waals surface area contributed by atoms with Gasteiger partial charge in [-0.1, -0.05) is 0 Å². The maximum absolute atomic E-state index is 13.1. The molecule has 0 aliphatic carbocycles. The molecule has 0 bridgehead atoms. The zero-order chi connectivity index (χ0) is 11.6. The smallest absolute Gasteiger partial charge is 0.307 e. The fraction of sp³-hybridized carbons (Fsp3) is 0.333. The number of rotatable bonds is 3. The molecular formula is C9H8F3NO2. The lowest BCUT2D eigenvalue weighted by Gasteiger charge is -2.09. The minimum Gasteiger partial charge on any atom is -0.481 e. The first-order valence-electron chi connectivity index (χ1n) is 4.07. The maximum Gasteiger partial charge on any atom is 0.307 e. The summed E-state index contributed by atoms with van der Waals surface area (Å²) in [5, 5.41) is 8.47. The van der Waals surface area contributed by atoms with Gasteiger partial charge in [-0.2, -0.15) is 0 Å². The van der Waals surface area contributed by atoms with Gasteiger partial charge in [-0.15, -0.1) is 0 Å². The summed E-state index contributed by atoms with van der Waals surface area (Å²) >= 11 is 0. The molecule has 1 N–H and O–H groups in total. The van der Waals surface area contributed by atoms with Crippen LogP contribution in [0.25, 0.3) is 0 Å². The molecule has 1 heterocycles. The van der Waals surface area contributed by atoms with Crippen molar-refractivity contribution in [2.24, 2.45) is 0 Å². The molecule has 0 fully saturated rings. The van der Waals surface area contributed by atoms with Gasteiger partial charge in [0.25, 0.3) is 6.43 Å². The Morgan fingerprint density at radius 3 is 2.67 bits per heavy atom. The molecular weight excluding hydrogens is 211 g/mol. The highest BCUT2D eigenvalue weighted by Gasteiger charge is 2.19. The summed E-state index contributed by atoms with van der Waals surface area (Å²) in [7, 11) is 0. The number of aromatic nitrogens is 1. The standard InChI is InChI=1S/C9H8F3NO2/c1-4-5(2-7(14)15)6(10)3-13-8(4)9(11)12/h3,9H,2H2,1H3,(H,14,15). The molecule has 1 aromatic rings. The van der Waals surface area contributed by atoms with E-state index >= 15 is 0 Å². The van der Waals surface area contributed by atoms with Gasteiger partial charge in [-0.25, -0.2) is 13.2 Å². The molecule has 0 aliphatic rings. The van der Waals surface area contributed by atoms with E-state index in [2.05, 4.69) is 4.98 Å². The van der Waals surface area contributed by atoms with Crippen LogP contribution in [0.2, 0.25) is 0 Å². The van der Waals surface area contributed by atoms with E-state index in [1.54, 1.807) is 0 Å². The number of hydrogen-bond acceptors (Lipinski definition) is 2. The highest BCUT2D eigenvalue weighted by atomic mass is 19.3. The van der Waals surface area contributed by atoms with E-state index in [9.17, 15) is 18.0 Å².